The lowest BCUT2D eigenvalue weighted by Gasteiger charge is -2.10. The second kappa shape index (κ2) is 6.77. The van der Waals surface area contributed by atoms with Crippen LogP contribution in [-0.2, 0) is 20.4 Å². The highest BCUT2D eigenvalue weighted by molar-refractivity contribution is 7.91. The molecule has 1 N–H and O–H groups in total. The fourth-order valence-corrected chi connectivity index (χ4v) is 3.13. The zero-order chi connectivity index (χ0) is 17.1. The van der Waals surface area contributed by atoms with Crippen molar-refractivity contribution in [3.05, 3.63) is 29.8 Å². The van der Waals surface area contributed by atoms with E-state index in [4.69, 9.17) is 0 Å². The molecule has 1 saturated carbocycles. The van der Waals surface area contributed by atoms with Crippen molar-refractivity contribution in [3.8, 4) is 5.75 Å². The number of carbonyl (C=O) groups is 1. The van der Waals surface area contributed by atoms with Crippen LogP contribution in [0.5, 0.6) is 5.75 Å². The molecule has 0 saturated heterocycles. The number of amides is 1. The average molecular weight is 351 g/mol. The minimum Gasteiger partial charge on any atom is -0.484 e. The van der Waals surface area contributed by atoms with E-state index >= 15 is 0 Å². The Bertz CT molecular complexity index is 652. The molecule has 0 aromatic heterocycles. The fraction of sp³-hybridized carbons (Fsp3) is 0.500. The number of halogens is 3. The van der Waals surface area contributed by atoms with Crippen LogP contribution >= 0.6 is 0 Å². The Balaban J connectivity index is 1.87. The van der Waals surface area contributed by atoms with Gasteiger partial charge in [0.2, 0.25) is 5.91 Å². The molecule has 128 valence electrons. The van der Waals surface area contributed by atoms with Gasteiger partial charge in [0.1, 0.15) is 11.5 Å². The van der Waals surface area contributed by atoms with Crippen LogP contribution in [0.25, 0.3) is 0 Å². The third-order valence-corrected chi connectivity index (χ3v) is 4.48. The van der Waals surface area contributed by atoms with Crippen molar-refractivity contribution in [1.29, 1.82) is 0 Å². The Morgan fingerprint density at radius 3 is 2.35 bits per heavy atom. The second-order valence-corrected chi connectivity index (χ2v) is 7.49. The summed E-state index contributed by atoms with van der Waals surface area (Å²) in [4.78, 5) is 11.5. The van der Waals surface area contributed by atoms with Crippen molar-refractivity contribution < 1.29 is 31.1 Å². The van der Waals surface area contributed by atoms with E-state index in [-0.39, 0.29) is 17.5 Å². The Hall–Kier alpha value is -1.77. The highest BCUT2D eigenvalue weighted by Crippen LogP contribution is 2.20. The van der Waals surface area contributed by atoms with E-state index in [2.05, 4.69) is 10.1 Å². The lowest BCUT2D eigenvalue weighted by atomic mass is 10.2. The summed E-state index contributed by atoms with van der Waals surface area (Å²) in [5.41, 5.74) is 0.378. The van der Waals surface area contributed by atoms with Crippen molar-refractivity contribution in [1.82, 2.24) is 5.32 Å². The van der Waals surface area contributed by atoms with Crippen LogP contribution in [-0.4, -0.2) is 38.9 Å². The number of ether oxygens (including phenoxy) is 1. The molecule has 0 spiro atoms. The number of alkyl halides is 3. The second-order valence-electron chi connectivity index (χ2n) is 5.42. The van der Waals surface area contributed by atoms with Gasteiger partial charge in [-0.3, -0.25) is 4.79 Å². The summed E-state index contributed by atoms with van der Waals surface area (Å²) >= 11 is 0. The van der Waals surface area contributed by atoms with Gasteiger partial charge in [-0.05, 0) is 30.5 Å². The summed E-state index contributed by atoms with van der Waals surface area (Å²) in [6, 6.07) is 5.34. The molecule has 1 aromatic carbocycles. The molecule has 1 aliphatic rings. The first-order valence-electron chi connectivity index (χ1n) is 6.91. The Morgan fingerprint density at radius 1 is 1.22 bits per heavy atom. The number of nitrogens with one attached hydrogen (secondary N) is 1. The maximum Gasteiger partial charge on any atom is 0.422 e. The third-order valence-electron chi connectivity index (χ3n) is 3.01. The molecule has 1 aromatic rings. The van der Waals surface area contributed by atoms with Crippen LogP contribution in [0.3, 0.4) is 0 Å². The van der Waals surface area contributed by atoms with E-state index in [0.717, 1.165) is 12.8 Å². The van der Waals surface area contributed by atoms with Crippen LogP contribution in [0.1, 0.15) is 18.4 Å². The van der Waals surface area contributed by atoms with Gasteiger partial charge in [0.05, 0.1) is 5.75 Å². The van der Waals surface area contributed by atoms with Crippen LogP contribution in [0, 0.1) is 0 Å². The number of carbonyl (C=O) groups excluding carboxylic acids is 1. The van der Waals surface area contributed by atoms with E-state index in [1.54, 1.807) is 0 Å². The first kappa shape index (κ1) is 17.6. The summed E-state index contributed by atoms with van der Waals surface area (Å²) in [5.74, 6) is -1.49. The van der Waals surface area contributed by atoms with Gasteiger partial charge in [0, 0.05) is 6.04 Å². The van der Waals surface area contributed by atoms with Gasteiger partial charge in [-0.1, -0.05) is 12.1 Å². The highest BCUT2D eigenvalue weighted by atomic mass is 32.2. The van der Waals surface area contributed by atoms with Gasteiger partial charge in [-0.2, -0.15) is 13.2 Å². The van der Waals surface area contributed by atoms with Crippen molar-refractivity contribution in [3.63, 3.8) is 0 Å². The normalized spacial score (nSPS) is 15.3. The molecule has 0 bridgehead atoms. The van der Waals surface area contributed by atoms with E-state index in [0.29, 0.717) is 5.56 Å². The molecule has 23 heavy (non-hydrogen) atoms. The fourth-order valence-electron chi connectivity index (χ4n) is 1.85. The summed E-state index contributed by atoms with van der Waals surface area (Å²) in [7, 11) is -3.63. The summed E-state index contributed by atoms with van der Waals surface area (Å²) in [6.07, 6.45) is -2.70. The minimum atomic E-state index is -4.43. The average Bonchev–Trinajstić information content (AvgIpc) is 3.19. The molecule has 5 nitrogen and oxygen atoms in total. The lowest BCUT2D eigenvalue weighted by Crippen LogP contribution is -2.32. The summed E-state index contributed by atoms with van der Waals surface area (Å²) in [5, 5.41) is 2.59. The smallest absolute Gasteiger partial charge is 0.422 e. The molecule has 0 aliphatic heterocycles. The largest absolute Gasteiger partial charge is 0.484 e. The Morgan fingerprint density at radius 2 is 1.83 bits per heavy atom. The summed E-state index contributed by atoms with van der Waals surface area (Å²) < 4.78 is 64.4. The molecular formula is C14H16F3NO4S. The van der Waals surface area contributed by atoms with Crippen molar-refractivity contribution >= 4 is 15.7 Å². The molecular weight excluding hydrogens is 335 g/mol. The standard InChI is InChI=1S/C14H16F3NO4S/c15-14(16,17)9-22-12-5-1-10(2-6-12)7-23(20,21)8-13(19)18-11-3-4-11/h1-2,5-6,11H,3-4,7-9H2,(H,18,19). The van der Waals surface area contributed by atoms with Crippen molar-refractivity contribution in [2.45, 2.75) is 30.8 Å². The molecule has 2 rings (SSSR count). The molecule has 0 atom stereocenters. The van der Waals surface area contributed by atoms with Crippen molar-refractivity contribution in [2.75, 3.05) is 12.4 Å². The maximum atomic E-state index is 12.0. The zero-order valence-electron chi connectivity index (χ0n) is 12.1. The lowest BCUT2D eigenvalue weighted by molar-refractivity contribution is -0.153. The summed E-state index contributed by atoms with van der Waals surface area (Å²) in [6.45, 7) is -1.41. The monoisotopic (exact) mass is 351 g/mol. The van der Waals surface area contributed by atoms with E-state index in [1.807, 2.05) is 0 Å². The van der Waals surface area contributed by atoms with Gasteiger partial charge >= 0.3 is 6.18 Å². The minimum absolute atomic E-state index is 0.00468. The molecule has 9 heteroatoms. The van der Waals surface area contributed by atoms with E-state index in [1.165, 1.54) is 24.3 Å². The van der Waals surface area contributed by atoms with Gasteiger partial charge in [-0.15, -0.1) is 0 Å². The molecule has 0 radical (unpaired) electrons. The topological polar surface area (TPSA) is 72.5 Å². The van der Waals surface area contributed by atoms with Gasteiger partial charge in [0.15, 0.2) is 16.4 Å². The Labute approximate surface area is 131 Å². The first-order valence-corrected chi connectivity index (χ1v) is 8.73. The first-order chi connectivity index (χ1) is 10.6. The molecule has 0 unspecified atom stereocenters. The van der Waals surface area contributed by atoms with Gasteiger partial charge in [0.25, 0.3) is 0 Å². The maximum absolute atomic E-state index is 12.0. The SMILES string of the molecule is O=C(CS(=O)(=O)Cc1ccc(OCC(F)(F)F)cc1)NC1CC1. The van der Waals surface area contributed by atoms with Crippen LogP contribution < -0.4 is 10.1 Å². The quantitative estimate of drug-likeness (QED) is 0.813. The molecule has 1 aliphatic carbocycles. The number of hydrogen-bond acceptors (Lipinski definition) is 4. The highest BCUT2D eigenvalue weighted by Gasteiger charge is 2.28. The zero-order valence-corrected chi connectivity index (χ0v) is 12.9. The van der Waals surface area contributed by atoms with Crippen molar-refractivity contribution in [2.24, 2.45) is 0 Å². The van der Waals surface area contributed by atoms with Crippen LogP contribution in [0.2, 0.25) is 0 Å². The molecule has 1 fully saturated rings. The van der Waals surface area contributed by atoms with Crippen LogP contribution in [0.4, 0.5) is 13.2 Å². The number of rotatable bonds is 7. The Kier molecular flexibility index (Phi) is 5.18. The molecule has 1 amide bonds. The number of sulfone groups is 1. The number of hydrogen-bond donors (Lipinski definition) is 1. The molecule has 0 heterocycles. The van der Waals surface area contributed by atoms with Crippen LogP contribution in [0.15, 0.2) is 24.3 Å². The van der Waals surface area contributed by atoms with Gasteiger partial charge in [-0.25, -0.2) is 8.42 Å². The predicted molar refractivity (Wildman–Crippen MR) is 76.6 cm³/mol. The third kappa shape index (κ3) is 6.89. The number of benzene rings is 1. The van der Waals surface area contributed by atoms with E-state index < -0.39 is 34.3 Å². The van der Waals surface area contributed by atoms with Gasteiger partial charge < -0.3 is 10.1 Å². The van der Waals surface area contributed by atoms with E-state index in [9.17, 15) is 26.4 Å². The predicted octanol–water partition coefficient (Wildman–Crippen LogP) is 1.82.